The summed E-state index contributed by atoms with van der Waals surface area (Å²) in [7, 11) is 0. The van der Waals surface area contributed by atoms with Gasteiger partial charge in [0.25, 0.3) is 0 Å². The van der Waals surface area contributed by atoms with Gasteiger partial charge in [0.05, 0.1) is 0 Å². The predicted molar refractivity (Wildman–Crippen MR) is 66.3 cm³/mol. The molecule has 1 aromatic carbocycles. The van der Waals surface area contributed by atoms with E-state index in [4.69, 9.17) is 5.11 Å². The summed E-state index contributed by atoms with van der Waals surface area (Å²) < 4.78 is 14.4. The molecule has 0 saturated carbocycles. The largest absolute Gasteiger partial charge is 0.465 e. The minimum atomic E-state index is -0.934. The van der Waals surface area contributed by atoms with Gasteiger partial charge in [-0.15, -0.1) is 0 Å². The fraction of sp³-hybridized carbons (Fsp3) is 0.250. The number of hydrogen-bond donors (Lipinski definition) is 1. The van der Waals surface area contributed by atoms with Crippen molar-refractivity contribution in [2.45, 2.75) is 6.42 Å². The van der Waals surface area contributed by atoms with Crippen LogP contribution in [0.3, 0.4) is 0 Å². The van der Waals surface area contributed by atoms with E-state index in [1.807, 2.05) is 0 Å². The quantitative estimate of drug-likeness (QED) is 0.864. The van der Waals surface area contributed by atoms with Crippen molar-refractivity contribution < 1.29 is 14.3 Å². The fourth-order valence-electron chi connectivity index (χ4n) is 1.84. The van der Waals surface area contributed by atoms with Crippen LogP contribution in [0.4, 0.5) is 9.18 Å². The molecule has 0 aromatic heterocycles. The van der Waals surface area contributed by atoms with Crippen molar-refractivity contribution in [3.8, 4) is 0 Å². The van der Waals surface area contributed by atoms with Gasteiger partial charge in [-0.2, -0.15) is 0 Å². The third-order valence-corrected chi connectivity index (χ3v) is 3.25. The summed E-state index contributed by atoms with van der Waals surface area (Å²) in [6.45, 7) is 0.733. The Labute approximate surface area is 107 Å². The van der Waals surface area contributed by atoms with Gasteiger partial charge < -0.3 is 10.0 Å². The normalized spacial score (nSPS) is 15.6. The molecule has 0 unspecified atom stereocenters. The lowest BCUT2D eigenvalue weighted by molar-refractivity contribution is 0.150. The third-order valence-electron chi connectivity index (χ3n) is 2.76. The number of carboxylic acid groups (broad SMARTS) is 1. The minimum Gasteiger partial charge on any atom is -0.465 e. The molecule has 1 aromatic rings. The molecule has 3 nitrogen and oxygen atoms in total. The van der Waals surface area contributed by atoms with Gasteiger partial charge in [-0.3, -0.25) is 0 Å². The van der Waals surface area contributed by atoms with Gasteiger partial charge >= 0.3 is 6.09 Å². The van der Waals surface area contributed by atoms with Crippen molar-refractivity contribution in [2.24, 2.45) is 0 Å². The molecular formula is C12H11BrFNO2. The second kappa shape index (κ2) is 4.87. The lowest BCUT2D eigenvalue weighted by atomic mass is 9.99. The average molecular weight is 300 g/mol. The zero-order chi connectivity index (χ0) is 12.4. The molecule has 5 heteroatoms. The zero-order valence-electron chi connectivity index (χ0n) is 8.99. The van der Waals surface area contributed by atoms with Gasteiger partial charge in [0.2, 0.25) is 0 Å². The molecule has 1 heterocycles. The van der Waals surface area contributed by atoms with Crippen molar-refractivity contribution in [1.82, 2.24) is 4.90 Å². The summed E-state index contributed by atoms with van der Waals surface area (Å²) in [4.78, 5) is 12.0. The Morgan fingerprint density at radius 3 is 2.76 bits per heavy atom. The number of hydrogen-bond acceptors (Lipinski definition) is 1. The standard InChI is InChI=1S/C12H11BrFNO2/c13-9-1-2-10(11(14)7-9)8-3-5-15(6-4-8)12(16)17/h1-3,7H,4-6H2,(H,16,17). The number of nitrogens with zero attached hydrogens (tertiary/aromatic N) is 1. The molecule has 2 rings (SSSR count). The summed E-state index contributed by atoms with van der Waals surface area (Å²) in [6, 6.07) is 4.91. The highest BCUT2D eigenvalue weighted by atomic mass is 79.9. The molecule has 1 aliphatic heterocycles. The average Bonchev–Trinajstić information content (AvgIpc) is 2.29. The van der Waals surface area contributed by atoms with E-state index in [2.05, 4.69) is 15.9 Å². The van der Waals surface area contributed by atoms with Crippen LogP contribution in [0.15, 0.2) is 28.7 Å². The lowest BCUT2D eigenvalue weighted by Gasteiger charge is -2.24. The highest BCUT2D eigenvalue weighted by Crippen LogP contribution is 2.26. The molecule has 17 heavy (non-hydrogen) atoms. The van der Waals surface area contributed by atoms with Crippen molar-refractivity contribution in [3.05, 3.63) is 40.1 Å². The van der Waals surface area contributed by atoms with Crippen LogP contribution in [0, 0.1) is 5.82 Å². The van der Waals surface area contributed by atoms with Crippen molar-refractivity contribution in [3.63, 3.8) is 0 Å². The molecular weight excluding hydrogens is 289 g/mol. The van der Waals surface area contributed by atoms with E-state index in [0.29, 0.717) is 29.5 Å². The van der Waals surface area contributed by atoms with Crippen molar-refractivity contribution in [2.75, 3.05) is 13.1 Å². The van der Waals surface area contributed by atoms with E-state index in [1.165, 1.54) is 11.0 Å². The van der Waals surface area contributed by atoms with Gasteiger partial charge in [-0.1, -0.05) is 28.1 Å². The van der Waals surface area contributed by atoms with Gasteiger partial charge in [0.15, 0.2) is 0 Å². The Hall–Kier alpha value is -1.36. The number of amides is 1. The Kier molecular flexibility index (Phi) is 3.47. The Morgan fingerprint density at radius 2 is 2.24 bits per heavy atom. The summed E-state index contributed by atoms with van der Waals surface area (Å²) in [5.74, 6) is -0.283. The van der Waals surface area contributed by atoms with E-state index in [-0.39, 0.29) is 5.82 Å². The van der Waals surface area contributed by atoms with Crippen molar-refractivity contribution in [1.29, 1.82) is 0 Å². The Balaban J connectivity index is 2.22. The van der Waals surface area contributed by atoms with Crippen LogP contribution >= 0.6 is 15.9 Å². The fourth-order valence-corrected chi connectivity index (χ4v) is 2.17. The third kappa shape index (κ3) is 2.66. The Morgan fingerprint density at radius 1 is 1.47 bits per heavy atom. The van der Waals surface area contributed by atoms with Gasteiger partial charge in [-0.05, 0) is 24.1 Å². The van der Waals surface area contributed by atoms with Crippen LogP contribution in [0.5, 0.6) is 0 Å². The highest BCUT2D eigenvalue weighted by molar-refractivity contribution is 9.10. The molecule has 1 amide bonds. The summed E-state index contributed by atoms with van der Waals surface area (Å²) in [6.07, 6.45) is 1.38. The van der Waals surface area contributed by atoms with Crippen LogP contribution in [0.1, 0.15) is 12.0 Å². The van der Waals surface area contributed by atoms with Gasteiger partial charge in [-0.25, -0.2) is 9.18 Å². The Bertz CT molecular complexity index is 487. The molecule has 1 aliphatic rings. The molecule has 0 radical (unpaired) electrons. The molecule has 0 bridgehead atoms. The first-order chi connectivity index (χ1) is 8.08. The SMILES string of the molecule is O=C(O)N1CC=C(c2ccc(Br)cc2F)CC1. The van der Waals surface area contributed by atoms with E-state index in [1.54, 1.807) is 18.2 Å². The smallest absolute Gasteiger partial charge is 0.407 e. The summed E-state index contributed by atoms with van der Waals surface area (Å²) in [5, 5.41) is 8.80. The van der Waals surface area contributed by atoms with Gasteiger partial charge in [0, 0.05) is 23.1 Å². The molecule has 0 saturated heterocycles. The topological polar surface area (TPSA) is 40.5 Å². The number of halogens is 2. The summed E-state index contributed by atoms with van der Waals surface area (Å²) >= 11 is 3.20. The maximum absolute atomic E-state index is 13.7. The van der Waals surface area contributed by atoms with E-state index < -0.39 is 6.09 Å². The van der Waals surface area contributed by atoms with Crippen LogP contribution in [0.2, 0.25) is 0 Å². The molecule has 90 valence electrons. The number of carbonyl (C=O) groups is 1. The highest BCUT2D eigenvalue weighted by Gasteiger charge is 2.18. The number of benzene rings is 1. The molecule has 1 N–H and O–H groups in total. The predicted octanol–water partition coefficient (Wildman–Crippen LogP) is 3.36. The first-order valence-corrected chi connectivity index (χ1v) is 5.99. The number of rotatable bonds is 1. The summed E-state index contributed by atoms with van der Waals surface area (Å²) in [5.41, 5.74) is 1.42. The monoisotopic (exact) mass is 299 g/mol. The van der Waals surface area contributed by atoms with Crippen LogP contribution < -0.4 is 0 Å². The van der Waals surface area contributed by atoms with Gasteiger partial charge in [0.1, 0.15) is 5.82 Å². The van der Waals surface area contributed by atoms with Crippen LogP contribution in [-0.4, -0.2) is 29.2 Å². The van der Waals surface area contributed by atoms with Crippen LogP contribution in [0.25, 0.3) is 5.57 Å². The zero-order valence-corrected chi connectivity index (χ0v) is 10.6. The lowest BCUT2D eigenvalue weighted by Crippen LogP contribution is -2.33. The first kappa shape index (κ1) is 12.1. The van der Waals surface area contributed by atoms with E-state index >= 15 is 0 Å². The molecule has 0 spiro atoms. The maximum Gasteiger partial charge on any atom is 0.407 e. The van der Waals surface area contributed by atoms with E-state index in [9.17, 15) is 9.18 Å². The van der Waals surface area contributed by atoms with E-state index in [0.717, 1.165) is 5.57 Å². The van der Waals surface area contributed by atoms with Crippen LogP contribution in [-0.2, 0) is 0 Å². The molecule has 0 aliphatic carbocycles. The van der Waals surface area contributed by atoms with Crippen molar-refractivity contribution >= 4 is 27.6 Å². The molecule has 0 fully saturated rings. The minimum absolute atomic E-state index is 0.283. The molecule has 0 atom stereocenters. The maximum atomic E-state index is 13.7. The second-order valence-corrected chi connectivity index (χ2v) is 4.75. The second-order valence-electron chi connectivity index (χ2n) is 3.83. The first-order valence-electron chi connectivity index (χ1n) is 5.20.